The summed E-state index contributed by atoms with van der Waals surface area (Å²) in [7, 11) is 0. The Balaban J connectivity index is 1.98. The summed E-state index contributed by atoms with van der Waals surface area (Å²) in [4.78, 5) is 12.3. The Hall–Kier alpha value is -1.55. The van der Waals surface area contributed by atoms with Crippen molar-refractivity contribution in [2.75, 3.05) is 6.54 Å². The molecule has 3 nitrogen and oxygen atoms in total. The third kappa shape index (κ3) is 3.97. The van der Waals surface area contributed by atoms with E-state index < -0.39 is 0 Å². The van der Waals surface area contributed by atoms with E-state index in [1.165, 1.54) is 11.1 Å². The van der Waals surface area contributed by atoms with Gasteiger partial charge in [0.25, 0.3) is 5.91 Å². The molecule has 0 unspecified atom stereocenters. The second-order valence-electron chi connectivity index (χ2n) is 5.48. The van der Waals surface area contributed by atoms with Crippen molar-refractivity contribution in [1.29, 1.82) is 0 Å². The molecule has 0 aliphatic heterocycles. The molecule has 4 heteroatoms. The number of aromatic nitrogens is 1. The van der Waals surface area contributed by atoms with Crippen LogP contribution in [-0.4, -0.2) is 17.0 Å². The molecule has 2 rings (SSSR count). The molecule has 1 N–H and O–H groups in total. The maximum atomic E-state index is 12.3. The summed E-state index contributed by atoms with van der Waals surface area (Å²) < 4.78 is 2.91. The lowest BCUT2D eigenvalue weighted by Gasteiger charge is -2.13. The highest BCUT2D eigenvalue weighted by molar-refractivity contribution is 9.10. The van der Waals surface area contributed by atoms with Gasteiger partial charge in [0.05, 0.1) is 0 Å². The fraction of sp³-hybridized carbons (Fsp3) is 0.353. The molecule has 1 heterocycles. The second-order valence-corrected chi connectivity index (χ2v) is 6.39. The van der Waals surface area contributed by atoms with Crippen LogP contribution in [0.3, 0.4) is 0 Å². The zero-order chi connectivity index (χ0) is 15.4. The zero-order valence-electron chi connectivity index (χ0n) is 12.7. The molecule has 0 saturated carbocycles. The topological polar surface area (TPSA) is 34.0 Å². The predicted molar refractivity (Wildman–Crippen MR) is 89.7 cm³/mol. The van der Waals surface area contributed by atoms with Gasteiger partial charge in [0.2, 0.25) is 0 Å². The molecule has 0 fully saturated rings. The summed E-state index contributed by atoms with van der Waals surface area (Å²) in [5.74, 6) is -0.0250. The van der Waals surface area contributed by atoms with E-state index in [-0.39, 0.29) is 11.9 Å². The number of benzene rings is 1. The van der Waals surface area contributed by atoms with Crippen LogP contribution in [0.5, 0.6) is 0 Å². The predicted octanol–water partition coefficient (Wildman–Crippen LogP) is 4.11. The van der Waals surface area contributed by atoms with Crippen molar-refractivity contribution in [3.8, 4) is 0 Å². The van der Waals surface area contributed by atoms with Gasteiger partial charge in [-0.15, -0.1) is 0 Å². The lowest BCUT2D eigenvalue weighted by atomic mass is 10.1. The van der Waals surface area contributed by atoms with Crippen LogP contribution in [-0.2, 0) is 6.42 Å². The number of halogens is 1. The van der Waals surface area contributed by atoms with Crippen molar-refractivity contribution >= 4 is 21.8 Å². The SMILES string of the molecule is Cc1ccccc1CCNC(=O)c1cc(Br)cn1C(C)C. The molecule has 0 spiro atoms. The van der Waals surface area contributed by atoms with Crippen LogP contribution >= 0.6 is 15.9 Å². The summed E-state index contributed by atoms with van der Waals surface area (Å²) >= 11 is 3.43. The van der Waals surface area contributed by atoms with Gasteiger partial charge in [0, 0.05) is 23.3 Å². The average molecular weight is 349 g/mol. The summed E-state index contributed by atoms with van der Waals surface area (Å²) in [5.41, 5.74) is 3.24. The van der Waals surface area contributed by atoms with Gasteiger partial charge < -0.3 is 9.88 Å². The van der Waals surface area contributed by atoms with Crippen LogP contribution < -0.4 is 5.32 Å². The summed E-state index contributed by atoms with van der Waals surface area (Å²) in [6.45, 7) is 6.87. The van der Waals surface area contributed by atoms with Crippen molar-refractivity contribution < 1.29 is 4.79 Å². The van der Waals surface area contributed by atoms with Crippen molar-refractivity contribution in [2.24, 2.45) is 0 Å². The van der Waals surface area contributed by atoms with Crippen molar-refractivity contribution in [2.45, 2.75) is 33.2 Å². The molecule has 0 saturated heterocycles. The molecule has 21 heavy (non-hydrogen) atoms. The second kappa shape index (κ2) is 6.94. The van der Waals surface area contributed by atoms with E-state index in [2.05, 4.69) is 54.2 Å². The normalized spacial score (nSPS) is 10.9. The molecule has 1 amide bonds. The first-order valence-electron chi connectivity index (χ1n) is 7.19. The number of rotatable bonds is 5. The Kier molecular flexibility index (Phi) is 5.23. The number of nitrogens with zero attached hydrogens (tertiary/aromatic N) is 1. The third-order valence-electron chi connectivity index (χ3n) is 3.55. The van der Waals surface area contributed by atoms with Crippen LogP contribution in [0.15, 0.2) is 41.0 Å². The maximum absolute atomic E-state index is 12.3. The quantitative estimate of drug-likeness (QED) is 0.866. The Morgan fingerprint density at radius 3 is 2.71 bits per heavy atom. The Morgan fingerprint density at radius 2 is 2.05 bits per heavy atom. The number of hydrogen-bond acceptors (Lipinski definition) is 1. The molecule has 1 aromatic heterocycles. The van der Waals surface area contributed by atoms with E-state index in [4.69, 9.17) is 0 Å². The molecular weight excluding hydrogens is 328 g/mol. The smallest absolute Gasteiger partial charge is 0.267 e. The number of nitrogens with one attached hydrogen (secondary N) is 1. The van der Waals surface area contributed by atoms with Crippen molar-refractivity contribution in [1.82, 2.24) is 9.88 Å². The first-order chi connectivity index (χ1) is 9.99. The van der Waals surface area contributed by atoms with E-state index in [9.17, 15) is 4.79 Å². The van der Waals surface area contributed by atoms with Gasteiger partial charge in [0.1, 0.15) is 5.69 Å². The largest absolute Gasteiger partial charge is 0.350 e. The Bertz CT molecular complexity index is 631. The number of carbonyl (C=O) groups is 1. The lowest BCUT2D eigenvalue weighted by molar-refractivity contribution is 0.0943. The van der Waals surface area contributed by atoms with Crippen LogP contribution in [0, 0.1) is 6.92 Å². The minimum atomic E-state index is -0.0250. The van der Waals surface area contributed by atoms with Crippen molar-refractivity contribution in [3.05, 3.63) is 57.8 Å². The van der Waals surface area contributed by atoms with Crippen molar-refractivity contribution in [3.63, 3.8) is 0 Å². The lowest BCUT2D eigenvalue weighted by Crippen LogP contribution is -2.28. The zero-order valence-corrected chi connectivity index (χ0v) is 14.3. The van der Waals surface area contributed by atoms with E-state index in [1.807, 2.05) is 29.0 Å². The van der Waals surface area contributed by atoms with Crippen LogP contribution in [0.4, 0.5) is 0 Å². The monoisotopic (exact) mass is 348 g/mol. The number of carbonyl (C=O) groups excluding carboxylic acids is 1. The molecule has 2 aromatic rings. The summed E-state index contributed by atoms with van der Waals surface area (Å²) in [6, 6.07) is 10.4. The van der Waals surface area contributed by atoms with Gasteiger partial charge in [-0.05, 0) is 60.3 Å². The molecule has 0 aliphatic carbocycles. The number of aryl methyl sites for hydroxylation is 1. The van der Waals surface area contributed by atoms with Gasteiger partial charge in [0.15, 0.2) is 0 Å². The van der Waals surface area contributed by atoms with Crippen LogP contribution in [0.1, 0.15) is 41.5 Å². The fourth-order valence-electron chi connectivity index (χ4n) is 2.35. The maximum Gasteiger partial charge on any atom is 0.267 e. The highest BCUT2D eigenvalue weighted by Crippen LogP contribution is 2.19. The molecule has 0 aliphatic rings. The average Bonchev–Trinajstić information content (AvgIpc) is 2.83. The highest BCUT2D eigenvalue weighted by atomic mass is 79.9. The standard InChI is InChI=1S/C17H21BrN2O/c1-12(2)20-11-15(18)10-16(20)17(21)19-9-8-14-7-5-4-6-13(14)3/h4-7,10-12H,8-9H2,1-3H3,(H,19,21). The Morgan fingerprint density at radius 1 is 1.33 bits per heavy atom. The third-order valence-corrected chi connectivity index (χ3v) is 3.98. The van der Waals surface area contributed by atoms with E-state index >= 15 is 0 Å². The minimum Gasteiger partial charge on any atom is -0.350 e. The molecule has 112 valence electrons. The first kappa shape index (κ1) is 15.8. The van der Waals surface area contributed by atoms with Gasteiger partial charge in [-0.25, -0.2) is 0 Å². The first-order valence-corrected chi connectivity index (χ1v) is 7.98. The highest BCUT2D eigenvalue weighted by Gasteiger charge is 2.14. The van der Waals surface area contributed by atoms with Gasteiger partial charge in [-0.1, -0.05) is 24.3 Å². The van der Waals surface area contributed by atoms with E-state index in [0.717, 1.165) is 10.9 Å². The molecular formula is C17H21BrN2O. The summed E-state index contributed by atoms with van der Waals surface area (Å²) in [5, 5.41) is 3.00. The fourth-order valence-corrected chi connectivity index (χ4v) is 2.78. The van der Waals surface area contributed by atoms with Crippen LogP contribution in [0.25, 0.3) is 0 Å². The van der Waals surface area contributed by atoms with Crippen LogP contribution in [0.2, 0.25) is 0 Å². The summed E-state index contributed by atoms with van der Waals surface area (Å²) in [6.07, 6.45) is 2.79. The van der Waals surface area contributed by atoms with Gasteiger partial charge in [-0.3, -0.25) is 4.79 Å². The molecule has 0 bridgehead atoms. The van der Waals surface area contributed by atoms with Gasteiger partial charge >= 0.3 is 0 Å². The van der Waals surface area contributed by atoms with E-state index in [0.29, 0.717) is 12.2 Å². The minimum absolute atomic E-state index is 0.0250. The molecule has 0 atom stereocenters. The van der Waals surface area contributed by atoms with Gasteiger partial charge in [-0.2, -0.15) is 0 Å². The van der Waals surface area contributed by atoms with E-state index in [1.54, 1.807) is 0 Å². The molecule has 1 aromatic carbocycles. The number of amides is 1. The molecule has 0 radical (unpaired) electrons. The number of hydrogen-bond donors (Lipinski definition) is 1. The Labute approximate surface area is 134 Å².